The second-order valence-corrected chi connectivity index (χ2v) is 6.51. The second kappa shape index (κ2) is 5.38. The van der Waals surface area contributed by atoms with Gasteiger partial charge in [0.25, 0.3) is 0 Å². The lowest BCUT2D eigenvalue weighted by atomic mass is 9.97. The fourth-order valence-electron chi connectivity index (χ4n) is 4.08. The maximum Gasteiger partial charge on any atom is 0.123 e. The summed E-state index contributed by atoms with van der Waals surface area (Å²) in [5.41, 5.74) is 1.37. The van der Waals surface area contributed by atoms with Crippen LogP contribution >= 0.6 is 0 Å². The number of hydrogen-bond donors (Lipinski definition) is 1. The van der Waals surface area contributed by atoms with Crippen molar-refractivity contribution in [2.45, 2.75) is 50.3 Å². The van der Waals surface area contributed by atoms with Crippen LogP contribution in [0.4, 0.5) is 0 Å². The highest BCUT2D eigenvalue weighted by atomic mass is 16.5. The molecule has 4 rings (SSSR count). The molecule has 1 N–H and O–H groups in total. The van der Waals surface area contributed by atoms with Crippen molar-refractivity contribution >= 4 is 0 Å². The number of fused-ring (bicyclic) bond motifs is 2. The maximum absolute atomic E-state index is 6.01. The summed E-state index contributed by atoms with van der Waals surface area (Å²) < 4.78 is 6.01. The first-order chi connectivity index (χ1) is 9.88. The lowest BCUT2D eigenvalue weighted by Crippen LogP contribution is -2.47. The highest BCUT2D eigenvalue weighted by molar-refractivity contribution is 5.37. The van der Waals surface area contributed by atoms with E-state index < -0.39 is 0 Å². The zero-order valence-corrected chi connectivity index (χ0v) is 12.1. The van der Waals surface area contributed by atoms with Crippen LogP contribution in [0, 0.1) is 0 Å². The third-order valence-electron chi connectivity index (χ3n) is 5.17. The predicted molar refractivity (Wildman–Crippen MR) is 80.2 cm³/mol. The Morgan fingerprint density at radius 2 is 2.15 bits per heavy atom. The highest BCUT2D eigenvalue weighted by Crippen LogP contribution is 2.29. The molecule has 3 aliphatic rings. The van der Waals surface area contributed by atoms with E-state index in [2.05, 4.69) is 34.5 Å². The van der Waals surface area contributed by atoms with E-state index >= 15 is 0 Å². The van der Waals surface area contributed by atoms with E-state index in [1.165, 1.54) is 44.3 Å². The molecule has 0 aromatic heterocycles. The lowest BCUT2D eigenvalue weighted by molar-refractivity contribution is 0.154. The van der Waals surface area contributed by atoms with E-state index in [9.17, 15) is 0 Å². The molecule has 0 saturated carbocycles. The standard InChI is InChI=1S/C17H24N2O/c1-2-6-17-13(4-1)10-16(20-17)12-18-14-7-9-19-8-3-5-15(19)11-14/h1-2,4,6,14-16,18H,3,5,7-12H2. The lowest BCUT2D eigenvalue weighted by Gasteiger charge is -2.35. The normalized spacial score (nSPS) is 32.7. The topological polar surface area (TPSA) is 24.5 Å². The monoisotopic (exact) mass is 272 g/mol. The quantitative estimate of drug-likeness (QED) is 0.913. The van der Waals surface area contributed by atoms with Gasteiger partial charge in [-0.15, -0.1) is 0 Å². The molecule has 0 bridgehead atoms. The Morgan fingerprint density at radius 1 is 1.20 bits per heavy atom. The molecular weight excluding hydrogens is 248 g/mol. The molecule has 3 atom stereocenters. The maximum atomic E-state index is 6.01. The molecule has 0 radical (unpaired) electrons. The van der Waals surface area contributed by atoms with Gasteiger partial charge >= 0.3 is 0 Å². The van der Waals surface area contributed by atoms with Gasteiger partial charge in [0.1, 0.15) is 11.9 Å². The number of benzene rings is 1. The first kappa shape index (κ1) is 12.7. The van der Waals surface area contributed by atoms with Gasteiger partial charge in [-0.25, -0.2) is 0 Å². The summed E-state index contributed by atoms with van der Waals surface area (Å²) in [6, 6.07) is 9.99. The summed E-state index contributed by atoms with van der Waals surface area (Å²) in [6.45, 7) is 3.61. The number of hydrogen-bond acceptors (Lipinski definition) is 3. The van der Waals surface area contributed by atoms with Gasteiger partial charge in [-0.1, -0.05) is 18.2 Å². The molecule has 20 heavy (non-hydrogen) atoms. The van der Waals surface area contributed by atoms with E-state index in [-0.39, 0.29) is 0 Å². The molecule has 0 aliphatic carbocycles. The molecule has 3 heterocycles. The number of ether oxygens (including phenoxy) is 1. The molecule has 2 fully saturated rings. The van der Waals surface area contributed by atoms with Gasteiger partial charge in [0.15, 0.2) is 0 Å². The zero-order chi connectivity index (χ0) is 13.4. The van der Waals surface area contributed by atoms with E-state index in [0.717, 1.165) is 24.8 Å². The summed E-state index contributed by atoms with van der Waals surface area (Å²) in [6.07, 6.45) is 6.83. The van der Waals surface area contributed by atoms with Gasteiger partial charge in [-0.2, -0.15) is 0 Å². The Morgan fingerprint density at radius 3 is 3.10 bits per heavy atom. The van der Waals surface area contributed by atoms with Crippen LogP contribution in [-0.2, 0) is 6.42 Å². The second-order valence-electron chi connectivity index (χ2n) is 6.51. The van der Waals surface area contributed by atoms with Crippen molar-refractivity contribution in [3.05, 3.63) is 29.8 Å². The Labute approximate surface area is 121 Å². The molecule has 1 aromatic carbocycles. The average Bonchev–Trinajstić information content (AvgIpc) is 3.10. The van der Waals surface area contributed by atoms with Gasteiger partial charge in [0.05, 0.1) is 0 Å². The minimum Gasteiger partial charge on any atom is -0.488 e. The van der Waals surface area contributed by atoms with Crippen LogP contribution in [0.1, 0.15) is 31.2 Å². The SMILES string of the molecule is c1ccc2c(c1)CC(CNC1CCN3CCCC3C1)O2. The fraction of sp³-hybridized carbons (Fsp3) is 0.647. The van der Waals surface area contributed by atoms with Crippen molar-refractivity contribution in [3.8, 4) is 5.75 Å². The van der Waals surface area contributed by atoms with Crippen LogP contribution in [0.2, 0.25) is 0 Å². The largest absolute Gasteiger partial charge is 0.488 e. The number of nitrogens with zero attached hydrogens (tertiary/aromatic N) is 1. The van der Waals surface area contributed by atoms with Crippen LogP contribution in [0.25, 0.3) is 0 Å². The highest BCUT2D eigenvalue weighted by Gasteiger charge is 2.32. The number of piperidine rings is 1. The van der Waals surface area contributed by atoms with E-state index in [1.807, 2.05) is 0 Å². The molecule has 3 heteroatoms. The molecule has 3 unspecified atom stereocenters. The van der Waals surface area contributed by atoms with Crippen LogP contribution in [0.5, 0.6) is 5.75 Å². The van der Waals surface area contributed by atoms with Crippen molar-refractivity contribution in [1.29, 1.82) is 0 Å². The summed E-state index contributed by atoms with van der Waals surface area (Å²) in [5.74, 6) is 1.09. The number of rotatable bonds is 3. The third kappa shape index (κ3) is 2.45. The first-order valence-electron chi connectivity index (χ1n) is 8.10. The van der Waals surface area contributed by atoms with E-state index in [4.69, 9.17) is 4.74 Å². The Kier molecular flexibility index (Phi) is 3.41. The minimum absolute atomic E-state index is 0.328. The molecule has 0 spiro atoms. The Bertz CT molecular complexity index is 451. The Balaban J connectivity index is 1.28. The molecule has 2 saturated heterocycles. The van der Waals surface area contributed by atoms with Crippen molar-refractivity contribution in [3.63, 3.8) is 0 Å². The zero-order valence-electron chi connectivity index (χ0n) is 12.1. The fourth-order valence-corrected chi connectivity index (χ4v) is 4.08. The average molecular weight is 272 g/mol. The van der Waals surface area contributed by atoms with Crippen molar-refractivity contribution in [2.24, 2.45) is 0 Å². The van der Waals surface area contributed by atoms with Crippen LogP contribution in [0.15, 0.2) is 24.3 Å². The molecule has 108 valence electrons. The van der Waals surface area contributed by atoms with Crippen LogP contribution < -0.4 is 10.1 Å². The Hall–Kier alpha value is -1.06. The van der Waals surface area contributed by atoms with E-state index in [1.54, 1.807) is 0 Å². The minimum atomic E-state index is 0.328. The van der Waals surface area contributed by atoms with Gasteiger partial charge in [-0.3, -0.25) is 0 Å². The third-order valence-corrected chi connectivity index (χ3v) is 5.17. The summed E-state index contributed by atoms with van der Waals surface area (Å²) in [7, 11) is 0. The summed E-state index contributed by atoms with van der Waals surface area (Å²) >= 11 is 0. The number of nitrogens with one attached hydrogen (secondary N) is 1. The summed E-state index contributed by atoms with van der Waals surface area (Å²) in [4.78, 5) is 2.68. The molecule has 3 aliphatic heterocycles. The van der Waals surface area contributed by atoms with Crippen LogP contribution in [0.3, 0.4) is 0 Å². The molecule has 1 aromatic rings. The van der Waals surface area contributed by atoms with Crippen LogP contribution in [-0.4, -0.2) is 42.7 Å². The van der Waals surface area contributed by atoms with E-state index in [0.29, 0.717) is 12.1 Å². The van der Waals surface area contributed by atoms with Gasteiger partial charge in [0.2, 0.25) is 0 Å². The van der Waals surface area contributed by atoms with Crippen molar-refractivity contribution < 1.29 is 4.74 Å². The number of para-hydroxylation sites is 1. The van der Waals surface area contributed by atoms with Gasteiger partial charge in [-0.05, 0) is 50.4 Å². The molecular formula is C17H24N2O. The molecule has 3 nitrogen and oxygen atoms in total. The molecule has 0 amide bonds. The smallest absolute Gasteiger partial charge is 0.123 e. The van der Waals surface area contributed by atoms with Crippen molar-refractivity contribution in [2.75, 3.05) is 19.6 Å². The predicted octanol–water partition coefficient (Wildman–Crippen LogP) is 2.21. The van der Waals surface area contributed by atoms with Gasteiger partial charge < -0.3 is 15.0 Å². The van der Waals surface area contributed by atoms with Gasteiger partial charge in [0, 0.05) is 25.0 Å². The summed E-state index contributed by atoms with van der Waals surface area (Å²) in [5, 5.41) is 3.76. The first-order valence-corrected chi connectivity index (χ1v) is 8.10. The van der Waals surface area contributed by atoms with Crippen molar-refractivity contribution in [1.82, 2.24) is 10.2 Å².